The first-order chi connectivity index (χ1) is 21.3. The molecule has 1 saturated heterocycles. The smallest absolute Gasteiger partial charge is 0.248 e. The third kappa shape index (κ3) is 5.25. The summed E-state index contributed by atoms with van der Waals surface area (Å²) in [4.78, 5) is 16.8. The summed E-state index contributed by atoms with van der Waals surface area (Å²) in [6, 6.07) is 8.06. The number of nitrogens with one attached hydrogen (secondary N) is 1. The largest absolute Gasteiger partial charge is 0.395 e. The molecule has 2 saturated carbocycles. The van der Waals surface area contributed by atoms with Crippen LogP contribution < -0.4 is 14.5 Å². The summed E-state index contributed by atoms with van der Waals surface area (Å²) in [6.45, 7) is 1.08. The molecule has 1 amide bonds. The molecule has 45 heavy (non-hydrogen) atoms. The predicted octanol–water partition coefficient (Wildman–Crippen LogP) is 4.61. The second kappa shape index (κ2) is 10.4. The SMILES string of the molecule is CN1C(=O)C2(CCC(F)(F)CC2)c2cc(-c3cn(-c4ccc(NS(=O)(=O)CCO)cc4N4CCC5(CC4)CC5)nn3)cc(F)c21. The van der Waals surface area contributed by atoms with E-state index in [4.69, 9.17) is 5.11 Å². The molecular formula is C31H35F3N6O4S. The van der Waals surface area contributed by atoms with Crippen LogP contribution in [0.15, 0.2) is 36.5 Å². The highest BCUT2D eigenvalue weighted by molar-refractivity contribution is 7.92. The molecular weight excluding hydrogens is 609 g/mol. The number of hydrogen-bond acceptors (Lipinski definition) is 7. The minimum absolute atomic E-state index is 0.0688. The van der Waals surface area contributed by atoms with Crippen LogP contribution in [0.2, 0.25) is 0 Å². The van der Waals surface area contributed by atoms with E-state index < -0.39 is 52.4 Å². The van der Waals surface area contributed by atoms with Crippen LogP contribution in [0.4, 0.5) is 30.2 Å². The molecule has 7 rings (SSSR count). The number of rotatable bonds is 7. The Kier molecular flexibility index (Phi) is 6.97. The van der Waals surface area contributed by atoms with Gasteiger partial charge in [-0.05, 0) is 79.8 Å². The van der Waals surface area contributed by atoms with Crippen molar-refractivity contribution in [2.45, 2.75) is 62.7 Å². The number of amides is 1. The van der Waals surface area contributed by atoms with Crippen molar-refractivity contribution in [1.29, 1.82) is 0 Å². The Morgan fingerprint density at radius 2 is 1.69 bits per heavy atom. The lowest BCUT2D eigenvalue weighted by Crippen LogP contribution is -2.44. The lowest BCUT2D eigenvalue weighted by atomic mass is 9.69. The molecule has 0 bridgehead atoms. The van der Waals surface area contributed by atoms with Gasteiger partial charge in [0.25, 0.3) is 0 Å². The molecule has 0 unspecified atom stereocenters. The minimum Gasteiger partial charge on any atom is -0.395 e. The molecule has 2 aliphatic heterocycles. The van der Waals surface area contributed by atoms with Crippen molar-refractivity contribution >= 4 is 33.0 Å². The Bertz CT molecular complexity index is 1770. The molecule has 1 aromatic heterocycles. The molecule has 14 heteroatoms. The van der Waals surface area contributed by atoms with Crippen molar-refractivity contribution in [3.63, 3.8) is 0 Å². The molecule has 240 valence electrons. The molecule has 10 nitrogen and oxygen atoms in total. The molecule has 0 atom stereocenters. The number of aliphatic hydroxyl groups excluding tert-OH is 1. The van der Waals surface area contributed by atoms with E-state index in [-0.39, 0.29) is 24.4 Å². The Labute approximate surface area is 259 Å². The molecule has 2 spiro atoms. The van der Waals surface area contributed by atoms with E-state index in [1.54, 1.807) is 35.1 Å². The number of carbonyl (C=O) groups is 1. The van der Waals surface area contributed by atoms with Crippen LogP contribution in [0.1, 0.15) is 56.9 Å². The van der Waals surface area contributed by atoms with E-state index in [2.05, 4.69) is 19.9 Å². The predicted molar refractivity (Wildman–Crippen MR) is 163 cm³/mol. The number of aliphatic hydroxyl groups is 1. The fraction of sp³-hybridized carbons (Fsp3) is 0.516. The minimum atomic E-state index is -3.74. The van der Waals surface area contributed by atoms with Crippen molar-refractivity contribution in [3.05, 3.63) is 47.9 Å². The highest BCUT2D eigenvalue weighted by Gasteiger charge is 2.55. The molecule has 3 aromatic rings. The Balaban J connectivity index is 1.25. The van der Waals surface area contributed by atoms with Gasteiger partial charge in [0.2, 0.25) is 21.9 Å². The van der Waals surface area contributed by atoms with E-state index >= 15 is 4.39 Å². The van der Waals surface area contributed by atoms with Gasteiger partial charge in [-0.2, -0.15) is 0 Å². The number of hydrogen-bond donors (Lipinski definition) is 2. The number of aromatic nitrogens is 3. The second-order valence-corrected chi connectivity index (χ2v) is 14.9. The van der Waals surface area contributed by atoms with Gasteiger partial charge in [-0.1, -0.05) is 5.21 Å². The first-order valence-electron chi connectivity index (χ1n) is 15.3. The van der Waals surface area contributed by atoms with Gasteiger partial charge in [0.1, 0.15) is 11.5 Å². The summed E-state index contributed by atoms with van der Waals surface area (Å²) < 4.78 is 72.7. The summed E-state index contributed by atoms with van der Waals surface area (Å²) >= 11 is 0. The van der Waals surface area contributed by atoms with Crippen molar-refractivity contribution in [2.75, 3.05) is 47.0 Å². The molecule has 4 aliphatic rings. The van der Waals surface area contributed by atoms with Gasteiger partial charge in [-0.25, -0.2) is 26.3 Å². The Hall–Kier alpha value is -3.65. The van der Waals surface area contributed by atoms with Crippen LogP contribution in [0, 0.1) is 11.2 Å². The molecule has 2 aliphatic carbocycles. The fourth-order valence-corrected chi connectivity index (χ4v) is 8.14. The van der Waals surface area contributed by atoms with Crippen molar-refractivity contribution in [1.82, 2.24) is 15.0 Å². The fourth-order valence-electron chi connectivity index (χ4n) is 7.31. The molecule has 3 fully saturated rings. The average Bonchev–Trinajstić information content (AvgIpc) is 3.48. The lowest BCUT2D eigenvalue weighted by molar-refractivity contribution is -0.127. The zero-order chi connectivity index (χ0) is 31.8. The van der Waals surface area contributed by atoms with Gasteiger partial charge >= 0.3 is 0 Å². The van der Waals surface area contributed by atoms with E-state index in [1.807, 2.05) is 0 Å². The number of piperidine rings is 1. The van der Waals surface area contributed by atoms with Crippen molar-refractivity contribution in [3.8, 4) is 16.9 Å². The van der Waals surface area contributed by atoms with Gasteiger partial charge in [0.05, 0.1) is 46.7 Å². The first kappa shape index (κ1) is 30.0. The summed E-state index contributed by atoms with van der Waals surface area (Å²) in [5.41, 5.74) is 2.18. The number of alkyl halides is 2. The number of sulfonamides is 1. The highest BCUT2D eigenvalue weighted by Crippen LogP contribution is 2.55. The quantitative estimate of drug-likeness (QED) is 0.386. The third-order valence-electron chi connectivity index (χ3n) is 10.2. The summed E-state index contributed by atoms with van der Waals surface area (Å²) in [6.07, 6.45) is 5.13. The summed E-state index contributed by atoms with van der Waals surface area (Å²) in [5, 5.41) is 17.8. The molecule has 3 heterocycles. The van der Waals surface area contributed by atoms with Gasteiger partial charge < -0.3 is 14.9 Å². The van der Waals surface area contributed by atoms with E-state index in [0.717, 1.165) is 31.6 Å². The van der Waals surface area contributed by atoms with Crippen LogP contribution in [-0.2, 0) is 20.2 Å². The Morgan fingerprint density at radius 1 is 0.978 bits per heavy atom. The number of fused-ring (bicyclic) bond motifs is 2. The summed E-state index contributed by atoms with van der Waals surface area (Å²) in [5.74, 6) is -4.29. The van der Waals surface area contributed by atoms with Crippen molar-refractivity contribution < 1.29 is 31.5 Å². The van der Waals surface area contributed by atoms with Crippen LogP contribution in [0.3, 0.4) is 0 Å². The maximum atomic E-state index is 15.6. The maximum absolute atomic E-state index is 15.6. The third-order valence-corrected chi connectivity index (χ3v) is 11.5. The van der Waals surface area contributed by atoms with Crippen LogP contribution in [-0.4, -0.2) is 72.8 Å². The summed E-state index contributed by atoms with van der Waals surface area (Å²) in [7, 11) is -2.27. The number of nitrogens with zero attached hydrogens (tertiary/aromatic N) is 5. The topological polar surface area (TPSA) is 121 Å². The number of carbonyl (C=O) groups excluding carboxylic acids is 1. The van der Waals surface area contributed by atoms with Crippen LogP contribution in [0.5, 0.6) is 0 Å². The van der Waals surface area contributed by atoms with Crippen LogP contribution >= 0.6 is 0 Å². The van der Waals surface area contributed by atoms with Gasteiger partial charge in [0, 0.05) is 38.5 Å². The number of halogens is 3. The first-order valence-corrected chi connectivity index (χ1v) is 16.9. The monoisotopic (exact) mass is 644 g/mol. The number of anilines is 3. The normalized spacial score (nSPS) is 21.4. The molecule has 2 N–H and O–H groups in total. The number of likely N-dealkylation sites (N-methyl/N-ethyl adjacent to an activating group) is 1. The zero-order valence-corrected chi connectivity index (χ0v) is 25.7. The zero-order valence-electron chi connectivity index (χ0n) is 24.9. The van der Waals surface area contributed by atoms with Gasteiger partial charge in [0.15, 0.2) is 0 Å². The Morgan fingerprint density at radius 3 is 2.36 bits per heavy atom. The average molecular weight is 645 g/mol. The van der Waals surface area contributed by atoms with Gasteiger partial charge in [-0.3, -0.25) is 9.52 Å². The van der Waals surface area contributed by atoms with E-state index in [0.29, 0.717) is 33.6 Å². The highest BCUT2D eigenvalue weighted by atomic mass is 32.2. The standard InChI is InChI=1S/C31H35F3N6O4S/c1-38-27-22(30(28(38)42)6-8-31(33,34)9-7-30)16-20(17-23(27)32)24-19-40(37-35-24)25-3-2-21(36-45(43,44)15-14-41)18-26(25)39-12-10-29(4-5-29)11-13-39/h2-3,16-19,36,41H,4-15H2,1H3. The van der Waals surface area contributed by atoms with Crippen LogP contribution in [0.25, 0.3) is 16.9 Å². The molecule has 0 radical (unpaired) electrons. The number of benzene rings is 2. The van der Waals surface area contributed by atoms with Crippen molar-refractivity contribution in [2.24, 2.45) is 5.41 Å². The van der Waals surface area contributed by atoms with Gasteiger partial charge in [-0.15, -0.1) is 5.10 Å². The second-order valence-electron chi connectivity index (χ2n) is 13.0. The van der Waals surface area contributed by atoms with E-state index in [1.165, 1.54) is 30.9 Å². The molecule has 2 aromatic carbocycles. The van der Waals surface area contributed by atoms with E-state index in [9.17, 15) is 22.0 Å². The lowest BCUT2D eigenvalue weighted by Gasteiger charge is -2.36. The maximum Gasteiger partial charge on any atom is 0.248 e.